The van der Waals surface area contributed by atoms with E-state index in [1.165, 1.54) is 11.9 Å². The molecule has 0 aliphatic heterocycles. The molecule has 0 atom stereocenters. The van der Waals surface area contributed by atoms with Crippen LogP contribution in [0.4, 0.5) is 0 Å². The second-order valence-electron chi connectivity index (χ2n) is 5.64. The van der Waals surface area contributed by atoms with Crippen molar-refractivity contribution in [2.45, 2.75) is 6.42 Å². The first-order chi connectivity index (χ1) is 12.5. The number of aromatic carboxylic acids is 1. The van der Waals surface area contributed by atoms with Crippen LogP contribution in [0.1, 0.15) is 31.8 Å². The lowest BCUT2D eigenvalue weighted by molar-refractivity contribution is 0.0600. The number of methoxy groups -OCH3 is 1. The maximum Gasteiger partial charge on any atom is 0.337 e. The molecule has 8 heteroatoms. The van der Waals surface area contributed by atoms with Gasteiger partial charge >= 0.3 is 11.9 Å². The summed E-state index contributed by atoms with van der Waals surface area (Å²) in [5, 5.41) is 21.1. The number of aryl methyl sites for hydroxylation is 1. The molecule has 2 aromatic carbocycles. The smallest absolute Gasteiger partial charge is 0.337 e. The molecule has 0 fully saturated rings. The minimum Gasteiger partial charge on any atom is -0.478 e. The van der Waals surface area contributed by atoms with Crippen molar-refractivity contribution in [3.63, 3.8) is 0 Å². The van der Waals surface area contributed by atoms with Crippen LogP contribution in [0, 0.1) is 0 Å². The number of hydrogen-bond acceptors (Lipinski definition) is 6. The van der Waals surface area contributed by atoms with Gasteiger partial charge in [-0.2, -0.15) is 4.80 Å². The molecule has 0 saturated carbocycles. The number of esters is 1. The zero-order valence-corrected chi connectivity index (χ0v) is 14.2. The fourth-order valence-electron chi connectivity index (χ4n) is 2.56. The third-order valence-corrected chi connectivity index (χ3v) is 3.88. The predicted molar refractivity (Wildman–Crippen MR) is 91.8 cm³/mol. The number of carbonyl (C=O) groups is 2. The monoisotopic (exact) mass is 352 g/mol. The lowest BCUT2D eigenvalue weighted by Crippen LogP contribution is -2.04. The number of nitrogens with zero attached hydrogens (tertiary/aromatic N) is 4. The van der Waals surface area contributed by atoms with Gasteiger partial charge in [0.05, 0.1) is 25.3 Å². The van der Waals surface area contributed by atoms with Crippen molar-refractivity contribution >= 4 is 11.9 Å². The van der Waals surface area contributed by atoms with E-state index in [-0.39, 0.29) is 5.56 Å². The van der Waals surface area contributed by atoms with E-state index in [0.717, 1.165) is 11.1 Å². The predicted octanol–water partition coefficient (Wildman–Crippen LogP) is 1.95. The summed E-state index contributed by atoms with van der Waals surface area (Å²) in [6.45, 7) is 0. The van der Waals surface area contributed by atoms with Gasteiger partial charge in [0.15, 0.2) is 0 Å². The van der Waals surface area contributed by atoms with E-state index in [1.54, 1.807) is 43.4 Å². The summed E-state index contributed by atoms with van der Waals surface area (Å²) < 4.78 is 4.77. The summed E-state index contributed by atoms with van der Waals surface area (Å²) in [5.41, 5.74) is 3.09. The first kappa shape index (κ1) is 17.3. The number of aromatic nitrogens is 4. The van der Waals surface area contributed by atoms with Gasteiger partial charge in [-0.05, 0) is 47.0 Å². The molecule has 0 aliphatic carbocycles. The second-order valence-corrected chi connectivity index (χ2v) is 5.64. The van der Waals surface area contributed by atoms with Gasteiger partial charge in [-0.15, -0.1) is 10.2 Å². The fraction of sp³-hybridized carbons (Fsp3) is 0.167. The largest absolute Gasteiger partial charge is 0.478 e. The van der Waals surface area contributed by atoms with Crippen LogP contribution in [0.5, 0.6) is 0 Å². The fourth-order valence-corrected chi connectivity index (χ4v) is 2.56. The summed E-state index contributed by atoms with van der Waals surface area (Å²) in [4.78, 5) is 24.1. The molecule has 0 saturated heterocycles. The minimum absolute atomic E-state index is 0.227. The zero-order valence-electron chi connectivity index (χ0n) is 14.2. The Kier molecular flexibility index (Phi) is 4.74. The molecule has 0 aliphatic rings. The van der Waals surface area contributed by atoms with Crippen molar-refractivity contribution in [3.8, 4) is 11.4 Å². The quantitative estimate of drug-likeness (QED) is 0.699. The molecule has 8 nitrogen and oxygen atoms in total. The van der Waals surface area contributed by atoms with E-state index < -0.39 is 11.9 Å². The maximum atomic E-state index is 11.8. The molecule has 132 valence electrons. The Morgan fingerprint density at radius 1 is 1.12 bits per heavy atom. The first-order valence-corrected chi connectivity index (χ1v) is 7.76. The maximum absolute atomic E-state index is 11.8. The molecule has 26 heavy (non-hydrogen) atoms. The number of hydrogen-bond donors (Lipinski definition) is 1. The van der Waals surface area contributed by atoms with Crippen molar-refractivity contribution in [2.24, 2.45) is 7.05 Å². The minimum atomic E-state index is -0.969. The summed E-state index contributed by atoms with van der Waals surface area (Å²) in [5.74, 6) is -1.02. The van der Waals surface area contributed by atoms with Crippen LogP contribution in [0.15, 0.2) is 42.5 Å². The number of carboxylic acid groups (broad SMARTS) is 1. The Labute approximate surface area is 149 Å². The van der Waals surface area contributed by atoms with Gasteiger partial charge in [0.25, 0.3) is 0 Å². The van der Waals surface area contributed by atoms with Crippen LogP contribution in [0.2, 0.25) is 0 Å². The van der Waals surface area contributed by atoms with Crippen molar-refractivity contribution in [3.05, 3.63) is 64.7 Å². The van der Waals surface area contributed by atoms with Crippen LogP contribution in [-0.2, 0) is 18.2 Å². The molecule has 1 aromatic heterocycles. The van der Waals surface area contributed by atoms with E-state index in [4.69, 9.17) is 9.84 Å². The molecule has 1 N–H and O–H groups in total. The van der Waals surface area contributed by atoms with E-state index in [1.807, 2.05) is 6.07 Å². The van der Waals surface area contributed by atoms with Crippen LogP contribution in [-0.4, -0.2) is 44.4 Å². The van der Waals surface area contributed by atoms with Gasteiger partial charge in [0, 0.05) is 5.56 Å². The van der Waals surface area contributed by atoms with Gasteiger partial charge in [0.1, 0.15) is 0 Å². The standard InChI is InChI=1S/C18H16N4O4/c1-22-20-16(19-21-22)15-10-14(18(25)26-2)8-7-13(15)9-11-3-5-12(6-4-11)17(23)24/h3-8,10H,9H2,1-2H3,(H,23,24). The van der Waals surface area contributed by atoms with Crippen LogP contribution < -0.4 is 0 Å². The highest BCUT2D eigenvalue weighted by molar-refractivity contribution is 5.91. The zero-order chi connectivity index (χ0) is 18.7. The number of benzene rings is 2. The normalized spacial score (nSPS) is 10.5. The summed E-state index contributed by atoms with van der Waals surface area (Å²) in [7, 11) is 2.98. The van der Waals surface area contributed by atoms with E-state index in [0.29, 0.717) is 23.4 Å². The molecular formula is C18H16N4O4. The van der Waals surface area contributed by atoms with Crippen molar-refractivity contribution in [1.82, 2.24) is 20.2 Å². The third-order valence-electron chi connectivity index (χ3n) is 3.88. The number of rotatable bonds is 5. The SMILES string of the molecule is COC(=O)c1ccc(Cc2ccc(C(=O)O)cc2)c(-c2nnn(C)n2)c1. The molecule has 0 unspecified atom stereocenters. The van der Waals surface area contributed by atoms with Crippen LogP contribution >= 0.6 is 0 Å². The molecule has 3 aromatic rings. The van der Waals surface area contributed by atoms with Gasteiger partial charge < -0.3 is 9.84 Å². The van der Waals surface area contributed by atoms with Gasteiger partial charge in [-0.3, -0.25) is 0 Å². The van der Waals surface area contributed by atoms with E-state index in [2.05, 4.69) is 15.4 Å². The van der Waals surface area contributed by atoms with Gasteiger partial charge in [-0.25, -0.2) is 9.59 Å². The lowest BCUT2D eigenvalue weighted by Gasteiger charge is -2.09. The topological polar surface area (TPSA) is 107 Å². The Balaban J connectivity index is 2.00. The second kappa shape index (κ2) is 7.14. The van der Waals surface area contributed by atoms with Crippen molar-refractivity contribution < 1.29 is 19.4 Å². The highest BCUT2D eigenvalue weighted by Gasteiger charge is 2.15. The first-order valence-electron chi connectivity index (χ1n) is 7.76. The molecule has 0 amide bonds. The van der Waals surface area contributed by atoms with Gasteiger partial charge in [-0.1, -0.05) is 18.2 Å². The molecule has 0 radical (unpaired) electrons. The average Bonchev–Trinajstić information content (AvgIpc) is 3.08. The van der Waals surface area contributed by atoms with E-state index >= 15 is 0 Å². The number of carbonyl (C=O) groups excluding carboxylic acids is 1. The average molecular weight is 352 g/mol. The Bertz CT molecular complexity index is 964. The summed E-state index contributed by atoms with van der Waals surface area (Å²) in [6, 6.07) is 11.8. The molecule has 0 spiro atoms. The molecular weight excluding hydrogens is 336 g/mol. The number of tetrazole rings is 1. The Morgan fingerprint density at radius 3 is 2.38 bits per heavy atom. The highest BCUT2D eigenvalue weighted by atomic mass is 16.5. The lowest BCUT2D eigenvalue weighted by atomic mass is 9.96. The Morgan fingerprint density at radius 2 is 1.81 bits per heavy atom. The summed E-state index contributed by atoms with van der Waals surface area (Å²) >= 11 is 0. The third kappa shape index (κ3) is 3.59. The number of carboxylic acids is 1. The molecule has 1 heterocycles. The van der Waals surface area contributed by atoms with Crippen LogP contribution in [0.3, 0.4) is 0 Å². The number of ether oxygens (including phenoxy) is 1. The summed E-state index contributed by atoms with van der Waals surface area (Å²) in [6.07, 6.45) is 0.523. The molecule has 3 rings (SSSR count). The van der Waals surface area contributed by atoms with Crippen LogP contribution in [0.25, 0.3) is 11.4 Å². The van der Waals surface area contributed by atoms with Crippen molar-refractivity contribution in [1.29, 1.82) is 0 Å². The molecule has 0 bridgehead atoms. The highest BCUT2D eigenvalue weighted by Crippen LogP contribution is 2.24. The Hall–Kier alpha value is -3.55. The van der Waals surface area contributed by atoms with Crippen molar-refractivity contribution in [2.75, 3.05) is 7.11 Å². The van der Waals surface area contributed by atoms with E-state index in [9.17, 15) is 9.59 Å². The van der Waals surface area contributed by atoms with Gasteiger partial charge in [0.2, 0.25) is 5.82 Å².